The number of hydrogen-bond acceptors (Lipinski definition) is 3. The summed E-state index contributed by atoms with van der Waals surface area (Å²) in [5, 5.41) is -0.170. The highest BCUT2D eigenvalue weighted by Crippen LogP contribution is 2.24. The van der Waals surface area contributed by atoms with Crippen LogP contribution in [-0.4, -0.2) is 8.42 Å². The Morgan fingerprint density at radius 1 is 1.15 bits per heavy atom. The lowest BCUT2D eigenvalue weighted by Crippen LogP contribution is -2.08. The number of rotatable bonds is 3. The SMILES string of the molecule is Nc1cc(F)cc(S(=O)(=O)Cc2cccc(Cl)c2F)c1. The smallest absolute Gasteiger partial charge is 0.182 e. The highest BCUT2D eigenvalue weighted by Gasteiger charge is 2.20. The summed E-state index contributed by atoms with van der Waals surface area (Å²) in [4.78, 5) is -0.297. The Labute approximate surface area is 119 Å². The van der Waals surface area contributed by atoms with Crippen LogP contribution in [0.5, 0.6) is 0 Å². The third-order valence-electron chi connectivity index (χ3n) is 2.63. The molecule has 7 heteroatoms. The zero-order chi connectivity index (χ0) is 14.9. The largest absolute Gasteiger partial charge is 0.399 e. The van der Waals surface area contributed by atoms with Crippen LogP contribution in [0.25, 0.3) is 0 Å². The average molecular weight is 318 g/mol. The maximum Gasteiger partial charge on any atom is 0.182 e. The first-order valence-corrected chi connectivity index (χ1v) is 7.54. The average Bonchev–Trinajstić information content (AvgIpc) is 2.33. The van der Waals surface area contributed by atoms with E-state index in [1.165, 1.54) is 18.2 Å². The lowest BCUT2D eigenvalue weighted by atomic mass is 10.2. The van der Waals surface area contributed by atoms with Crippen LogP contribution in [0.15, 0.2) is 41.3 Å². The number of hydrogen-bond donors (Lipinski definition) is 1. The van der Waals surface area contributed by atoms with Gasteiger partial charge in [0.2, 0.25) is 0 Å². The molecule has 0 heterocycles. The van der Waals surface area contributed by atoms with Gasteiger partial charge < -0.3 is 5.73 Å². The molecule has 0 radical (unpaired) electrons. The van der Waals surface area contributed by atoms with Crippen molar-refractivity contribution in [2.45, 2.75) is 10.6 Å². The third kappa shape index (κ3) is 3.08. The Kier molecular flexibility index (Phi) is 3.96. The van der Waals surface area contributed by atoms with Crippen molar-refractivity contribution in [3.05, 3.63) is 58.6 Å². The molecule has 2 N–H and O–H groups in total. The first-order chi connectivity index (χ1) is 9.29. The summed E-state index contributed by atoms with van der Waals surface area (Å²) in [6, 6.07) is 7.03. The van der Waals surface area contributed by atoms with E-state index in [0.717, 1.165) is 18.2 Å². The maximum atomic E-state index is 13.7. The van der Waals surface area contributed by atoms with Gasteiger partial charge in [0, 0.05) is 11.3 Å². The summed E-state index contributed by atoms with van der Waals surface area (Å²) in [6.45, 7) is 0. The summed E-state index contributed by atoms with van der Waals surface area (Å²) in [5.74, 6) is -2.19. The van der Waals surface area contributed by atoms with Gasteiger partial charge >= 0.3 is 0 Å². The minimum absolute atomic E-state index is 0.0184. The molecule has 0 aliphatic carbocycles. The fraction of sp³-hybridized carbons (Fsp3) is 0.0769. The molecular weight excluding hydrogens is 308 g/mol. The maximum absolute atomic E-state index is 13.7. The first kappa shape index (κ1) is 14.7. The van der Waals surface area contributed by atoms with Gasteiger partial charge in [-0.2, -0.15) is 0 Å². The van der Waals surface area contributed by atoms with Gasteiger partial charge in [-0.1, -0.05) is 23.7 Å². The van der Waals surface area contributed by atoms with Gasteiger partial charge in [-0.05, 0) is 24.3 Å². The topological polar surface area (TPSA) is 60.2 Å². The monoisotopic (exact) mass is 317 g/mol. The zero-order valence-corrected chi connectivity index (χ0v) is 11.7. The number of nitrogen functional groups attached to an aromatic ring is 1. The van der Waals surface area contributed by atoms with Crippen LogP contribution >= 0.6 is 11.6 Å². The molecule has 0 amide bonds. The van der Waals surface area contributed by atoms with Crippen molar-refractivity contribution >= 4 is 27.1 Å². The van der Waals surface area contributed by atoms with E-state index < -0.39 is 27.2 Å². The summed E-state index contributed by atoms with van der Waals surface area (Å²) >= 11 is 5.59. The molecule has 0 atom stereocenters. The Bertz CT molecular complexity index is 743. The Balaban J connectivity index is 2.43. The van der Waals surface area contributed by atoms with Crippen LogP contribution in [0.1, 0.15) is 5.56 Å². The Morgan fingerprint density at radius 2 is 1.85 bits per heavy atom. The molecule has 0 aliphatic heterocycles. The van der Waals surface area contributed by atoms with Crippen molar-refractivity contribution in [1.29, 1.82) is 0 Å². The van der Waals surface area contributed by atoms with Crippen molar-refractivity contribution in [2.24, 2.45) is 0 Å². The molecule has 3 nitrogen and oxygen atoms in total. The van der Waals surface area contributed by atoms with E-state index in [9.17, 15) is 17.2 Å². The molecule has 106 valence electrons. The summed E-state index contributed by atoms with van der Waals surface area (Å²) in [6.07, 6.45) is 0. The van der Waals surface area contributed by atoms with Gasteiger partial charge in [0.1, 0.15) is 11.6 Å². The molecule has 0 unspecified atom stereocenters. The quantitative estimate of drug-likeness (QED) is 0.884. The number of nitrogens with two attached hydrogens (primary N) is 1. The molecule has 0 spiro atoms. The van der Waals surface area contributed by atoms with Crippen LogP contribution in [0, 0.1) is 11.6 Å². The minimum Gasteiger partial charge on any atom is -0.399 e. The number of benzene rings is 2. The Hall–Kier alpha value is -1.66. The van der Waals surface area contributed by atoms with E-state index in [-0.39, 0.29) is 21.2 Å². The minimum atomic E-state index is -3.92. The second-order valence-electron chi connectivity index (χ2n) is 4.19. The molecule has 0 saturated carbocycles. The van der Waals surface area contributed by atoms with Crippen molar-refractivity contribution in [3.8, 4) is 0 Å². The highest BCUT2D eigenvalue weighted by molar-refractivity contribution is 7.90. The fourth-order valence-corrected chi connectivity index (χ4v) is 3.31. The zero-order valence-electron chi connectivity index (χ0n) is 10.1. The molecule has 0 aromatic heterocycles. The normalized spacial score (nSPS) is 11.6. The van der Waals surface area contributed by atoms with E-state index in [2.05, 4.69) is 0 Å². The second-order valence-corrected chi connectivity index (χ2v) is 6.59. The van der Waals surface area contributed by atoms with Crippen molar-refractivity contribution in [2.75, 3.05) is 5.73 Å². The van der Waals surface area contributed by atoms with E-state index in [1.807, 2.05) is 0 Å². The van der Waals surface area contributed by atoms with Gasteiger partial charge in [0.05, 0.1) is 15.7 Å². The predicted molar refractivity (Wildman–Crippen MR) is 73.1 cm³/mol. The summed E-state index contributed by atoms with van der Waals surface area (Å²) < 4.78 is 51.2. The second kappa shape index (κ2) is 5.38. The molecule has 2 aromatic carbocycles. The van der Waals surface area contributed by atoms with Crippen molar-refractivity contribution < 1.29 is 17.2 Å². The van der Waals surface area contributed by atoms with E-state index in [1.54, 1.807) is 0 Å². The lowest BCUT2D eigenvalue weighted by Gasteiger charge is -2.07. The summed E-state index contributed by atoms with van der Waals surface area (Å²) in [5.41, 5.74) is 5.30. The van der Waals surface area contributed by atoms with Gasteiger partial charge in [-0.3, -0.25) is 0 Å². The van der Waals surface area contributed by atoms with Gasteiger partial charge in [0.15, 0.2) is 9.84 Å². The van der Waals surface area contributed by atoms with Gasteiger partial charge in [0.25, 0.3) is 0 Å². The van der Waals surface area contributed by atoms with Crippen LogP contribution in [0.4, 0.5) is 14.5 Å². The van der Waals surface area contributed by atoms with Crippen LogP contribution in [0.2, 0.25) is 5.02 Å². The molecule has 0 bridgehead atoms. The fourth-order valence-electron chi connectivity index (χ4n) is 1.71. The standard InChI is InChI=1S/C13H10ClF2NO2S/c14-12-3-1-2-8(13(12)16)7-20(18,19)11-5-9(15)4-10(17)6-11/h1-6H,7,17H2. The first-order valence-electron chi connectivity index (χ1n) is 5.51. The summed E-state index contributed by atoms with van der Waals surface area (Å²) in [7, 11) is -3.92. The van der Waals surface area contributed by atoms with E-state index in [0.29, 0.717) is 0 Å². The molecule has 2 rings (SSSR count). The third-order valence-corrected chi connectivity index (χ3v) is 4.57. The highest BCUT2D eigenvalue weighted by atomic mass is 35.5. The molecule has 0 saturated heterocycles. The van der Waals surface area contributed by atoms with Gasteiger partial charge in [-0.15, -0.1) is 0 Å². The van der Waals surface area contributed by atoms with Crippen LogP contribution in [0.3, 0.4) is 0 Å². The lowest BCUT2D eigenvalue weighted by molar-refractivity contribution is 0.584. The molecule has 20 heavy (non-hydrogen) atoms. The van der Waals surface area contributed by atoms with Crippen LogP contribution < -0.4 is 5.73 Å². The van der Waals surface area contributed by atoms with E-state index in [4.69, 9.17) is 17.3 Å². The van der Waals surface area contributed by atoms with Crippen molar-refractivity contribution in [3.63, 3.8) is 0 Å². The van der Waals surface area contributed by atoms with E-state index >= 15 is 0 Å². The number of sulfone groups is 1. The molecule has 2 aromatic rings. The predicted octanol–water partition coefficient (Wildman–Crippen LogP) is 3.17. The van der Waals surface area contributed by atoms with Crippen molar-refractivity contribution in [1.82, 2.24) is 0 Å². The molecule has 0 fully saturated rings. The van der Waals surface area contributed by atoms with Gasteiger partial charge in [-0.25, -0.2) is 17.2 Å². The Morgan fingerprint density at radius 3 is 2.50 bits per heavy atom. The number of halogens is 3. The van der Waals surface area contributed by atoms with Crippen LogP contribution in [-0.2, 0) is 15.6 Å². The number of anilines is 1. The molecule has 0 aliphatic rings. The molecular formula is C13H10ClF2NO2S.